The molecule has 0 radical (unpaired) electrons. The van der Waals surface area contributed by atoms with Gasteiger partial charge in [-0.1, -0.05) is 20.8 Å². The second-order valence-electron chi connectivity index (χ2n) is 4.25. The molecule has 2 nitrogen and oxygen atoms in total. The Bertz CT molecular complexity index is 169. The molecule has 64 valence electrons. The lowest BCUT2D eigenvalue weighted by Gasteiger charge is -2.24. The minimum absolute atomic E-state index is 0.216. The molecule has 1 atom stereocenters. The number of hydrogen-bond acceptors (Lipinski definition) is 2. The van der Waals surface area contributed by atoms with Crippen LogP contribution in [0.4, 0.5) is 0 Å². The molecule has 0 saturated carbocycles. The summed E-state index contributed by atoms with van der Waals surface area (Å²) in [6, 6.07) is 0. The van der Waals surface area contributed by atoms with Gasteiger partial charge in [0.05, 0.1) is 6.54 Å². The number of likely N-dealkylation sites (N-methyl/N-ethyl adjacent to an activating group) is 1. The normalized spacial score (nSPS) is 25.6. The summed E-state index contributed by atoms with van der Waals surface area (Å²) < 4.78 is 5.57. The monoisotopic (exact) mass is 155 g/mol. The maximum Gasteiger partial charge on any atom is 0.182 e. The highest BCUT2D eigenvalue weighted by molar-refractivity contribution is 4.95. The molecular formula is C9H17NO. The first-order chi connectivity index (χ1) is 4.91. The van der Waals surface area contributed by atoms with Crippen LogP contribution in [0.5, 0.6) is 0 Å². The quantitative estimate of drug-likeness (QED) is 0.529. The molecular weight excluding hydrogens is 138 g/mol. The Morgan fingerprint density at radius 3 is 2.27 bits per heavy atom. The first-order valence-electron chi connectivity index (χ1n) is 3.98. The van der Waals surface area contributed by atoms with E-state index in [-0.39, 0.29) is 5.41 Å². The second-order valence-corrected chi connectivity index (χ2v) is 4.25. The fraction of sp³-hybridized carbons (Fsp3) is 0.778. The van der Waals surface area contributed by atoms with Crippen LogP contribution in [-0.4, -0.2) is 24.6 Å². The first-order valence-corrected chi connectivity index (χ1v) is 3.98. The summed E-state index contributed by atoms with van der Waals surface area (Å²) in [5.41, 5.74) is 0.216. The molecule has 0 bridgehead atoms. The smallest absolute Gasteiger partial charge is 0.182 e. The highest BCUT2D eigenvalue weighted by Crippen LogP contribution is 2.29. The minimum Gasteiger partial charge on any atom is -0.474 e. The molecule has 0 amide bonds. The third-order valence-corrected chi connectivity index (χ3v) is 2.11. The van der Waals surface area contributed by atoms with E-state index in [1.54, 1.807) is 0 Å². The Kier molecular flexibility index (Phi) is 1.87. The summed E-state index contributed by atoms with van der Waals surface area (Å²) in [5.74, 6) is 0.796. The molecule has 1 aliphatic rings. The van der Waals surface area contributed by atoms with Gasteiger partial charge in [0.2, 0.25) is 0 Å². The standard InChI is InChI=1S/C9H17NO/c1-7-10(5)6-8(11-7)9(2,3)4/h8H,1,6H2,2-5H3. The minimum atomic E-state index is 0.216. The zero-order chi connectivity index (χ0) is 8.65. The van der Waals surface area contributed by atoms with E-state index in [0.717, 1.165) is 12.4 Å². The Morgan fingerprint density at radius 2 is 2.09 bits per heavy atom. The topological polar surface area (TPSA) is 12.5 Å². The van der Waals surface area contributed by atoms with Gasteiger partial charge in [0.25, 0.3) is 0 Å². The Balaban J connectivity index is 2.61. The van der Waals surface area contributed by atoms with Gasteiger partial charge in [-0.2, -0.15) is 0 Å². The van der Waals surface area contributed by atoms with Crippen molar-refractivity contribution in [2.24, 2.45) is 5.41 Å². The van der Waals surface area contributed by atoms with Crippen LogP contribution >= 0.6 is 0 Å². The number of rotatable bonds is 0. The summed E-state index contributed by atoms with van der Waals surface area (Å²) >= 11 is 0. The van der Waals surface area contributed by atoms with E-state index in [9.17, 15) is 0 Å². The van der Waals surface area contributed by atoms with Crippen molar-refractivity contribution in [2.75, 3.05) is 13.6 Å². The van der Waals surface area contributed by atoms with Crippen molar-refractivity contribution >= 4 is 0 Å². The number of ether oxygens (including phenoxy) is 1. The molecule has 1 fully saturated rings. The van der Waals surface area contributed by atoms with Gasteiger partial charge in [0.15, 0.2) is 5.88 Å². The lowest BCUT2D eigenvalue weighted by Crippen LogP contribution is -2.29. The van der Waals surface area contributed by atoms with Crippen LogP contribution in [0, 0.1) is 5.41 Å². The molecule has 11 heavy (non-hydrogen) atoms. The number of nitrogens with zero attached hydrogens (tertiary/aromatic N) is 1. The molecule has 0 aliphatic carbocycles. The summed E-state index contributed by atoms with van der Waals surface area (Å²) in [7, 11) is 2.01. The predicted octanol–water partition coefficient (Wildman–Crippen LogP) is 1.83. The molecule has 1 saturated heterocycles. The van der Waals surface area contributed by atoms with E-state index in [1.807, 2.05) is 7.05 Å². The van der Waals surface area contributed by atoms with Crippen LogP contribution in [0.15, 0.2) is 12.5 Å². The molecule has 1 aliphatic heterocycles. The van der Waals surface area contributed by atoms with Crippen LogP contribution < -0.4 is 0 Å². The van der Waals surface area contributed by atoms with Gasteiger partial charge < -0.3 is 9.64 Å². The van der Waals surface area contributed by atoms with Gasteiger partial charge in [-0.05, 0) is 6.58 Å². The summed E-state index contributed by atoms with van der Waals surface area (Å²) in [5, 5.41) is 0. The van der Waals surface area contributed by atoms with E-state index in [4.69, 9.17) is 4.74 Å². The van der Waals surface area contributed by atoms with Crippen molar-refractivity contribution in [3.63, 3.8) is 0 Å². The Morgan fingerprint density at radius 1 is 1.55 bits per heavy atom. The van der Waals surface area contributed by atoms with Crippen LogP contribution in [0.2, 0.25) is 0 Å². The first kappa shape index (κ1) is 8.44. The van der Waals surface area contributed by atoms with Crippen molar-refractivity contribution < 1.29 is 4.74 Å². The zero-order valence-corrected chi connectivity index (χ0v) is 7.85. The maximum absolute atomic E-state index is 5.57. The lowest BCUT2D eigenvalue weighted by atomic mass is 9.89. The van der Waals surface area contributed by atoms with Crippen molar-refractivity contribution in [2.45, 2.75) is 26.9 Å². The van der Waals surface area contributed by atoms with Crippen LogP contribution in [-0.2, 0) is 4.74 Å². The average molecular weight is 155 g/mol. The molecule has 1 unspecified atom stereocenters. The SMILES string of the molecule is C=C1OC(C(C)(C)C)CN1C. The summed E-state index contributed by atoms with van der Waals surface area (Å²) in [4.78, 5) is 2.05. The van der Waals surface area contributed by atoms with E-state index < -0.39 is 0 Å². The van der Waals surface area contributed by atoms with Crippen molar-refractivity contribution in [1.29, 1.82) is 0 Å². The van der Waals surface area contributed by atoms with Crippen LogP contribution in [0.3, 0.4) is 0 Å². The highest BCUT2D eigenvalue weighted by Gasteiger charge is 2.33. The van der Waals surface area contributed by atoms with E-state index in [0.29, 0.717) is 6.10 Å². The van der Waals surface area contributed by atoms with Crippen LogP contribution in [0.1, 0.15) is 20.8 Å². The lowest BCUT2D eigenvalue weighted by molar-refractivity contribution is 0.0695. The predicted molar refractivity (Wildman–Crippen MR) is 46.1 cm³/mol. The maximum atomic E-state index is 5.57. The second kappa shape index (κ2) is 2.43. The molecule has 0 aromatic rings. The fourth-order valence-corrected chi connectivity index (χ4v) is 1.09. The van der Waals surface area contributed by atoms with Gasteiger partial charge >= 0.3 is 0 Å². The van der Waals surface area contributed by atoms with Gasteiger partial charge in [-0.3, -0.25) is 0 Å². The van der Waals surface area contributed by atoms with Gasteiger partial charge in [-0.25, -0.2) is 0 Å². The van der Waals surface area contributed by atoms with Crippen molar-refractivity contribution in [3.8, 4) is 0 Å². The van der Waals surface area contributed by atoms with Crippen molar-refractivity contribution in [1.82, 2.24) is 4.90 Å². The molecule has 1 rings (SSSR count). The Labute approximate surface area is 68.8 Å². The van der Waals surface area contributed by atoms with Crippen LogP contribution in [0.25, 0.3) is 0 Å². The van der Waals surface area contributed by atoms with E-state index in [1.165, 1.54) is 0 Å². The molecule has 0 spiro atoms. The number of hydrogen-bond donors (Lipinski definition) is 0. The molecule has 0 aromatic heterocycles. The molecule has 1 heterocycles. The third-order valence-electron chi connectivity index (χ3n) is 2.11. The largest absolute Gasteiger partial charge is 0.474 e. The average Bonchev–Trinajstić information content (AvgIpc) is 2.11. The molecule has 0 aromatic carbocycles. The summed E-state index contributed by atoms with van der Waals surface area (Å²) in [6.07, 6.45) is 0.292. The van der Waals surface area contributed by atoms with Gasteiger partial charge in [0.1, 0.15) is 6.10 Å². The fourth-order valence-electron chi connectivity index (χ4n) is 1.09. The summed E-state index contributed by atoms with van der Waals surface area (Å²) in [6.45, 7) is 11.3. The molecule has 0 N–H and O–H groups in total. The Hall–Kier alpha value is -0.660. The third kappa shape index (κ3) is 1.67. The zero-order valence-electron chi connectivity index (χ0n) is 7.85. The van der Waals surface area contributed by atoms with E-state index in [2.05, 4.69) is 32.3 Å². The van der Waals surface area contributed by atoms with E-state index >= 15 is 0 Å². The van der Waals surface area contributed by atoms with Gasteiger partial charge in [-0.15, -0.1) is 0 Å². The highest BCUT2D eigenvalue weighted by atomic mass is 16.5. The van der Waals surface area contributed by atoms with Crippen molar-refractivity contribution in [3.05, 3.63) is 12.5 Å². The van der Waals surface area contributed by atoms with Gasteiger partial charge in [0, 0.05) is 12.5 Å². The molecule has 2 heteroatoms.